The molecule has 2 aromatic heterocycles. The van der Waals surface area contributed by atoms with Crippen molar-refractivity contribution in [3.8, 4) is 11.6 Å². The Kier molecular flexibility index (Phi) is 8.90. The number of hydrogen-bond donors (Lipinski definition) is 1. The van der Waals surface area contributed by atoms with Crippen LogP contribution in [-0.2, 0) is 19.4 Å². The van der Waals surface area contributed by atoms with Crippen LogP contribution in [-0.4, -0.2) is 84.7 Å². The molecule has 1 aromatic carbocycles. The van der Waals surface area contributed by atoms with E-state index in [1.165, 1.54) is 6.26 Å². The molecule has 0 radical (unpaired) electrons. The lowest BCUT2D eigenvalue weighted by Gasteiger charge is -2.33. The van der Waals surface area contributed by atoms with Gasteiger partial charge in [-0.2, -0.15) is 4.98 Å². The summed E-state index contributed by atoms with van der Waals surface area (Å²) in [5.41, 5.74) is 0.943. The lowest BCUT2D eigenvalue weighted by atomic mass is 9.85. The van der Waals surface area contributed by atoms with Crippen molar-refractivity contribution in [2.75, 3.05) is 44.2 Å². The summed E-state index contributed by atoms with van der Waals surface area (Å²) in [5.74, 6) is 2.49. The molecule has 2 aliphatic rings. The number of nitrogens with zero attached hydrogens (tertiary/aromatic N) is 4. The number of benzene rings is 1. The molecule has 1 saturated heterocycles. The highest BCUT2D eigenvalue weighted by Gasteiger charge is 2.35. The molecule has 0 unspecified atom stereocenters. The summed E-state index contributed by atoms with van der Waals surface area (Å²) in [7, 11) is -1.31. The van der Waals surface area contributed by atoms with Crippen LogP contribution in [0.3, 0.4) is 0 Å². The van der Waals surface area contributed by atoms with Gasteiger partial charge in [-0.15, -0.1) is 0 Å². The number of nitrogens with one attached hydrogen (secondary N) is 1. The molecule has 1 atom stereocenters. The summed E-state index contributed by atoms with van der Waals surface area (Å²) >= 11 is 0. The van der Waals surface area contributed by atoms with E-state index in [9.17, 15) is 13.2 Å². The van der Waals surface area contributed by atoms with Crippen molar-refractivity contribution in [2.45, 2.75) is 57.0 Å². The third kappa shape index (κ3) is 6.75. The zero-order valence-electron chi connectivity index (χ0n) is 23.3. The highest BCUT2D eigenvalue weighted by Crippen LogP contribution is 2.31. The van der Waals surface area contributed by atoms with Crippen LogP contribution >= 0.6 is 0 Å². The van der Waals surface area contributed by atoms with Gasteiger partial charge in [0.15, 0.2) is 0 Å². The summed E-state index contributed by atoms with van der Waals surface area (Å²) in [6.07, 6.45) is 11.0. The highest BCUT2D eigenvalue weighted by atomic mass is 32.2. The quantitative estimate of drug-likeness (QED) is 0.347. The van der Waals surface area contributed by atoms with Gasteiger partial charge in [-0.3, -0.25) is 4.79 Å². The van der Waals surface area contributed by atoms with Gasteiger partial charge in [0.25, 0.3) is 0 Å². The lowest BCUT2D eigenvalue weighted by Crippen LogP contribution is -2.43. The summed E-state index contributed by atoms with van der Waals surface area (Å²) < 4.78 is 36.0. The second-order valence-corrected chi connectivity index (χ2v) is 13.2. The largest absolute Gasteiger partial charge is 0.493 e. The fourth-order valence-corrected chi connectivity index (χ4v) is 6.56. The molecule has 1 amide bonds. The van der Waals surface area contributed by atoms with Gasteiger partial charge >= 0.3 is 0 Å². The number of ether oxygens (including phenoxy) is 2. The number of likely N-dealkylation sites (tertiary alicyclic amines) is 1. The highest BCUT2D eigenvalue weighted by molar-refractivity contribution is 7.90. The fourth-order valence-electron chi connectivity index (χ4n) is 5.91. The van der Waals surface area contributed by atoms with Gasteiger partial charge < -0.3 is 24.3 Å². The number of anilines is 1. The van der Waals surface area contributed by atoms with Crippen LogP contribution in [0.1, 0.15) is 44.9 Å². The first-order valence-electron chi connectivity index (χ1n) is 14.1. The number of rotatable bonds is 11. The smallest absolute Gasteiger partial charge is 0.226 e. The van der Waals surface area contributed by atoms with Crippen LogP contribution < -0.4 is 10.1 Å². The topological polar surface area (TPSA) is 116 Å². The first-order valence-corrected chi connectivity index (χ1v) is 16.2. The van der Waals surface area contributed by atoms with Crippen molar-refractivity contribution in [1.29, 1.82) is 0 Å². The Morgan fingerprint density at radius 1 is 1.12 bits per heavy atom. The Morgan fingerprint density at radius 3 is 2.73 bits per heavy atom. The van der Waals surface area contributed by atoms with Crippen molar-refractivity contribution in [3.63, 3.8) is 0 Å². The Hall–Kier alpha value is -3.18. The molecular formula is C29H39N5O5S. The Bertz CT molecular complexity index is 1420. The van der Waals surface area contributed by atoms with Gasteiger partial charge in [-0.05, 0) is 69.2 Å². The minimum absolute atomic E-state index is 0.0804. The van der Waals surface area contributed by atoms with E-state index >= 15 is 0 Å². The zero-order valence-corrected chi connectivity index (χ0v) is 24.1. The number of amides is 1. The van der Waals surface area contributed by atoms with Crippen molar-refractivity contribution < 1.29 is 22.7 Å². The molecule has 2 fully saturated rings. The third-order valence-corrected chi connectivity index (χ3v) is 8.96. The summed E-state index contributed by atoms with van der Waals surface area (Å²) in [4.78, 5) is 24.4. The molecule has 0 spiro atoms. The molecule has 3 heterocycles. The van der Waals surface area contributed by atoms with Crippen LogP contribution in [0, 0.1) is 5.92 Å². The van der Waals surface area contributed by atoms with E-state index in [0.29, 0.717) is 31.3 Å². The molecule has 3 aromatic rings. The van der Waals surface area contributed by atoms with E-state index in [2.05, 4.69) is 10.3 Å². The molecule has 216 valence electrons. The molecule has 11 heteroatoms. The second-order valence-electron chi connectivity index (χ2n) is 10.9. The Labute approximate surface area is 236 Å². The Morgan fingerprint density at radius 2 is 1.95 bits per heavy atom. The molecule has 1 aliphatic carbocycles. The predicted octanol–water partition coefficient (Wildman–Crippen LogP) is 3.84. The molecule has 0 bridgehead atoms. The maximum atomic E-state index is 13.2. The normalized spacial score (nSPS) is 21.6. The fraction of sp³-hybridized carbons (Fsp3) is 0.552. The summed E-state index contributed by atoms with van der Waals surface area (Å²) in [5, 5.41) is 4.43. The van der Waals surface area contributed by atoms with Gasteiger partial charge in [0, 0.05) is 49.6 Å². The van der Waals surface area contributed by atoms with Crippen molar-refractivity contribution >= 4 is 32.6 Å². The second kappa shape index (κ2) is 12.6. The Balaban J connectivity index is 1.20. The number of carbonyl (C=O) groups is 1. The van der Waals surface area contributed by atoms with Crippen LogP contribution in [0.2, 0.25) is 0 Å². The average molecular weight is 570 g/mol. The number of aromatic nitrogens is 3. The number of sulfone groups is 1. The molecule has 10 nitrogen and oxygen atoms in total. The molecule has 1 aliphatic heterocycles. The monoisotopic (exact) mass is 569 g/mol. The van der Waals surface area contributed by atoms with Gasteiger partial charge in [0.2, 0.25) is 11.9 Å². The van der Waals surface area contributed by atoms with E-state index < -0.39 is 9.84 Å². The predicted molar refractivity (Wildman–Crippen MR) is 155 cm³/mol. The number of methoxy groups -OCH3 is 1. The van der Waals surface area contributed by atoms with E-state index in [1.807, 2.05) is 46.0 Å². The first kappa shape index (κ1) is 28.4. The van der Waals surface area contributed by atoms with Crippen molar-refractivity contribution in [2.24, 2.45) is 5.92 Å². The average Bonchev–Trinajstić information content (AvgIpc) is 3.59. The van der Waals surface area contributed by atoms with E-state index in [0.717, 1.165) is 61.8 Å². The van der Waals surface area contributed by atoms with Gasteiger partial charge in [0.05, 0.1) is 30.5 Å². The molecule has 40 heavy (non-hydrogen) atoms. The lowest BCUT2D eigenvalue weighted by molar-refractivity contribution is -0.138. The SMILES string of the molecule is COC[C@@H]1CCCN1C(=O)C1CCC(Nc2nccc(-n3ccc4c(OCCCS(C)(=O)=O)cccc43)n2)CC1. The van der Waals surface area contributed by atoms with Crippen molar-refractivity contribution in [3.05, 3.63) is 42.7 Å². The van der Waals surface area contributed by atoms with Gasteiger partial charge in [-0.25, -0.2) is 13.4 Å². The molecule has 1 N–H and O–H groups in total. The van der Waals surface area contributed by atoms with E-state index in [-0.39, 0.29) is 29.7 Å². The van der Waals surface area contributed by atoms with Crippen LogP contribution in [0.5, 0.6) is 5.75 Å². The third-order valence-electron chi connectivity index (χ3n) is 7.93. The van der Waals surface area contributed by atoms with Crippen LogP contribution in [0.15, 0.2) is 42.7 Å². The zero-order chi connectivity index (χ0) is 28.1. The van der Waals surface area contributed by atoms with E-state index in [1.54, 1.807) is 13.3 Å². The van der Waals surface area contributed by atoms with Gasteiger partial charge in [-0.1, -0.05) is 6.07 Å². The molecular weight excluding hydrogens is 530 g/mol. The van der Waals surface area contributed by atoms with Crippen molar-refractivity contribution in [1.82, 2.24) is 19.4 Å². The summed E-state index contributed by atoms with van der Waals surface area (Å²) in [6.45, 7) is 1.79. The number of hydrogen-bond acceptors (Lipinski definition) is 8. The molecule has 1 saturated carbocycles. The first-order chi connectivity index (χ1) is 19.3. The minimum atomic E-state index is -3.01. The maximum absolute atomic E-state index is 13.2. The molecule has 5 rings (SSSR count). The van der Waals surface area contributed by atoms with Crippen LogP contribution in [0.25, 0.3) is 16.7 Å². The summed E-state index contributed by atoms with van der Waals surface area (Å²) in [6, 6.07) is 10.1. The van der Waals surface area contributed by atoms with Crippen LogP contribution in [0.4, 0.5) is 5.95 Å². The van der Waals surface area contributed by atoms with Gasteiger partial charge in [0.1, 0.15) is 21.4 Å². The number of carbonyl (C=O) groups excluding carboxylic acids is 1. The standard InChI is InChI=1S/C29H39N5O5S/c1-38-20-23-6-4-16-33(23)28(35)21-9-11-22(12-10-21)31-29-30-15-13-27(32-29)34-17-14-24-25(34)7-3-8-26(24)39-18-5-19-40(2,36)37/h3,7-8,13-15,17,21-23H,4-6,9-12,16,18-20H2,1-2H3,(H,30,31,32)/t21?,22?,23-/m0/s1. The maximum Gasteiger partial charge on any atom is 0.226 e. The minimum Gasteiger partial charge on any atom is -0.493 e. The number of fused-ring (bicyclic) bond motifs is 1. The van der Waals surface area contributed by atoms with E-state index in [4.69, 9.17) is 14.5 Å².